The summed E-state index contributed by atoms with van der Waals surface area (Å²) >= 11 is 3.55. The van der Waals surface area contributed by atoms with Crippen LogP contribution in [-0.4, -0.2) is 4.83 Å². The summed E-state index contributed by atoms with van der Waals surface area (Å²) in [4.78, 5) is 0.227. The van der Waals surface area contributed by atoms with Crippen molar-refractivity contribution in [1.82, 2.24) is 0 Å². The first kappa shape index (κ1) is 16.5. The van der Waals surface area contributed by atoms with E-state index in [2.05, 4.69) is 36.7 Å². The van der Waals surface area contributed by atoms with Crippen LogP contribution < -0.4 is 0 Å². The van der Waals surface area contributed by atoms with E-state index >= 15 is 0 Å². The normalized spacial score (nSPS) is 14.5. The highest BCUT2D eigenvalue weighted by Gasteiger charge is 2.33. The molecule has 0 N–H and O–H groups in total. The summed E-state index contributed by atoms with van der Waals surface area (Å²) in [6.45, 7) is 6.21. The van der Waals surface area contributed by atoms with Crippen LogP contribution >= 0.6 is 15.9 Å². The molecule has 0 aromatic heterocycles. The lowest BCUT2D eigenvalue weighted by Crippen LogP contribution is -2.20. The lowest BCUT2D eigenvalue weighted by atomic mass is 9.88. The Bertz CT molecular complexity index is 432. The van der Waals surface area contributed by atoms with Crippen LogP contribution in [0, 0.1) is 11.2 Å². The standard InChI is InChI=1S/C14H17BrF4/c1-13(2,3)12(15)7-5-9-4-6-10(11(16)8-9)14(17,18)19/h4,6,8,12H,5,7H2,1-3H3. The summed E-state index contributed by atoms with van der Waals surface area (Å²) in [6, 6.07) is 3.13. The molecule has 1 aromatic rings. The Morgan fingerprint density at radius 1 is 1.16 bits per heavy atom. The maximum absolute atomic E-state index is 13.4. The second-order valence-corrected chi connectivity index (χ2v) is 6.79. The van der Waals surface area contributed by atoms with Gasteiger partial charge in [-0.2, -0.15) is 13.2 Å². The predicted octanol–water partition coefficient (Wildman–Crippen LogP) is 5.59. The van der Waals surface area contributed by atoms with Gasteiger partial charge in [0.05, 0.1) is 5.56 Å². The van der Waals surface area contributed by atoms with Crippen molar-refractivity contribution in [2.75, 3.05) is 0 Å². The van der Waals surface area contributed by atoms with Crippen molar-refractivity contribution in [3.8, 4) is 0 Å². The Labute approximate surface area is 119 Å². The highest BCUT2D eigenvalue weighted by Crippen LogP contribution is 2.33. The molecule has 5 heteroatoms. The molecule has 1 aromatic carbocycles. The van der Waals surface area contributed by atoms with Crippen LogP contribution in [0.25, 0.3) is 0 Å². The third-order valence-corrected chi connectivity index (χ3v) is 4.80. The van der Waals surface area contributed by atoms with Crippen LogP contribution in [0.5, 0.6) is 0 Å². The molecule has 1 atom stereocenters. The fourth-order valence-electron chi connectivity index (χ4n) is 1.67. The minimum Gasteiger partial charge on any atom is -0.206 e. The molecule has 0 bridgehead atoms. The Morgan fingerprint density at radius 2 is 1.74 bits per heavy atom. The van der Waals surface area contributed by atoms with Crippen molar-refractivity contribution in [2.24, 2.45) is 5.41 Å². The smallest absolute Gasteiger partial charge is 0.206 e. The molecule has 0 heterocycles. The Morgan fingerprint density at radius 3 is 2.16 bits per heavy atom. The van der Waals surface area contributed by atoms with Gasteiger partial charge >= 0.3 is 6.18 Å². The molecular formula is C14H17BrF4. The average Bonchev–Trinajstić information content (AvgIpc) is 2.22. The number of aryl methyl sites for hydroxylation is 1. The van der Waals surface area contributed by atoms with Crippen molar-refractivity contribution in [3.63, 3.8) is 0 Å². The molecule has 1 rings (SSSR count). The van der Waals surface area contributed by atoms with E-state index in [-0.39, 0.29) is 10.2 Å². The molecule has 0 aliphatic heterocycles. The summed E-state index contributed by atoms with van der Waals surface area (Å²) in [5.41, 5.74) is -0.563. The van der Waals surface area contributed by atoms with Gasteiger partial charge in [-0.05, 0) is 36.0 Å². The summed E-state index contributed by atoms with van der Waals surface area (Å²) in [5, 5.41) is 0. The molecule has 108 valence electrons. The Hall–Kier alpha value is -0.580. The minimum atomic E-state index is -4.63. The molecule has 1 unspecified atom stereocenters. The third-order valence-electron chi connectivity index (χ3n) is 2.97. The van der Waals surface area contributed by atoms with Crippen molar-refractivity contribution in [2.45, 2.75) is 44.6 Å². The lowest BCUT2D eigenvalue weighted by molar-refractivity contribution is -0.140. The highest BCUT2D eigenvalue weighted by atomic mass is 79.9. The second kappa shape index (κ2) is 5.81. The van der Waals surface area contributed by atoms with Crippen molar-refractivity contribution in [3.05, 3.63) is 35.1 Å². The van der Waals surface area contributed by atoms with Gasteiger partial charge in [0, 0.05) is 4.83 Å². The number of benzene rings is 1. The molecule has 0 aliphatic rings. The fourth-order valence-corrected chi connectivity index (χ4v) is 1.90. The number of halogens is 5. The molecule has 0 nitrogen and oxygen atoms in total. The number of hydrogen-bond acceptors (Lipinski definition) is 0. The summed E-state index contributed by atoms with van der Waals surface area (Å²) < 4.78 is 50.6. The summed E-state index contributed by atoms with van der Waals surface area (Å²) in [6.07, 6.45) is -3.34. The molecular weight excluding hydrogens is 324 g/mol. The summed E-state index contributed by atoms with van der Waals surface area (Å²) in [5.74, 6) is -1.20. The van der Waals surface area contributed by atoms with E-state index in [1.807, 2.05) is 0 Å². The van der Waals surface area contributed by atoms with Crippen LogP contribution in [0.2, 0.25) is 0 Å². The Balaban J connectivity index is 2.75. The Kier molecular flexibility index (Phi) is 5.04. The summed E-state index contributed by atoms with van der Waals surface area (Å²) in [7, 11) is 0. The molecule has 0 radical (unpaired) electrons. The predicted molar refractivity (Wildman–Crippen MR) is 71.9 cm³/mol. The van der Waals surface area contributed by atoms with Crippen LogP contribution in [-0.2, 0) is 12.6 Å². The second-order valence-electron chi connectivity index (χ2n) is 5.68. The van der Waals surface area contributed by atoms with Gasteiger partial charge in [-0.3, -0.25) is 0 Å². The first-order valence-corrected chi connectivity index (χ1v) is 6.93. The van der Waals surface area contributed by atoms with Gasteiger partial charge < -0.3 is 0 Å². The zero-order valence-electron chi connectivity index (χ0n) is 11.1. The van der Waals surface area contributed by atoms with Gasteiger partial charge in [0.1, 0.15) is 5.82 Å². The van der Waals surface area contributed by atoms with Crippen molar-refractivity contribution >= 4 is 15.9 Å². The topological polar surface area (TPSA) is 0 Å². The first-order valence-electron chi connectivity index (χ1n) is 6.01. The maximum Gasteiger partial charge on any atom is 0.419 e. The largest absolute Gasteiger partial charge is 0.419 e. The van der Waals surface area contributed by atoms with E-state index in [1.165, 1.54) is 6.07 Å². The van der Waals surface area contributed by atoms with E-state index in [0.29, 0.717) is 12.0 Å². The maximum atomic E-state index is 13.4. The first-order chi connectivity index (χ1) is 8.51. The molecule has 19 heavy (non-hydrogen) atoms. The lowest BCUT2D eigenvalue weighted by Gasteiger charge is -2.25. The average molecular weight is 341 g/mol. The molecule has 0 fully saturated rings. The quantitative estimate of drug-likeness (QED) is 0.497. The third kappa shape index (κ3) is 4.79. The van der Waals surface area contributed by atoms with Gasteiger partial charge in [-0.25, -0.2) is 4.39 Å². The van der Waals surface area contributed by atoms with E-state index in [0.717, 1.165) is 18.6 Å². The molecule has 0 aliphatic carbocycles. The number of hydrogen-bond donors (Lipinski definition) is 0. The van der Waals surface area contributed by atoms with E-state index < -0.39 is 17.6 Å². The van der Waals surface area contributed by atoms with Gasteiger partial charge in [0.2, 0.25) is 0 Å². The SMILES string of the molecule is CC(C)(C)C(Br)CCc1ccc(C(F)(F)F)c(F)c1. The monoisotopic (exact) mass is 340 g/mol. The van der Waals surface area contributed by atoms with Gasteiger partial charge in [-0.1, -0.05) is 42.8 Å². The van der Waals surface area contributed by atoms with E-state index in [9.17, 15) is 17.6 Å². The molecule has 0 saturated carbocycles. The zero-order valence-corrected chi connectivity index (χ0v) is 12.7. The van der Waals surface area contributed by atoms with Gasteiger partial charge in [-0.15, -0.1) is 0 Å². The van der Waals surface area contributed by atoms with Crippen LogP contribution in [0.3, 0.4) is 0 Å². The van der Waals surface area contributed by atoms with E-state index in [4.69, 9.17) is 0 Å². The van der Waals surface area contributed by atoms with Crippen LogP contribution in [0.4, 0.5) is 17.6 Å². The van der Waals surface area contributed by atoms with Crippen molar-refractivity contribution < 1.29 is 17.6 Å². The molecule has 0 spiro atoms. The van der Waals surface area contributed by atoms with E-state index in [1.54, 1.807) is 0 Å². The van der Waals surface area contributed by atoms with Gasteiger partial charge in [0.25, 0.3) is 0 Å². The van der Waals surface area contributed by atoms with Crippen molar-refractivity contribution in [1.29, 1.82) is 0 Å². The zero-order chi connectivity index (χ0) is 14.8. The number of rotatable bonds is 3. The molecule has 0 saturated heterocycles. The molecule has 0 amide bonds. The number of alkyl halides is 4. The minimum absolute atomic E-state index is 0.0600. The van der Waals surface area contributed by atoms with Crippen LogP contribution in [0.1, 0.15) is 38.3 Å². The van der Waals surface area contributed by atoms with Gasteiger partial charge in [0.15, 0.2) is 0 Å². The highest BCUT2D eigenvalue weighted by molar-refractivity contribution is 9.09. The fraction of sp³-hybridized carbons (Fsp3) is 0.571. The van der Waals surface area contributed by atoms with Crippen LogP contribution in [0.15, 0.2) is 18.2 Å².